The van der Waals surface area contributed by atoms with E-state index in [1.807, 2.05) is 60.0 Å². The summed E-state index contributed by atoms with van der Waals surface area (Å²) in [6, 6.07) is 22.4. The van der Waals surface area contributed by atoms with E-state index in [0.717, 1.165) is 16.8 Å². The average molecular weight is 477 g/mol. The Labute approximate surface area is 201 Å². The van der Waals surface area contributed by atoms with E-state index >= 15 is 0 Å². The number of amides is 1. The third-order valence-corrected chi connectivity index (χ3v) is 6.30. The molecule has 0 atom stereocenters. The number of aryl methyl sites for hydroxylation is 1. The molecule has 0 saturated carbocycles. The molecule has 0 radical (unpaired) electrons. The fourth-order valence-corrected chi connectivity index (χ4v) is 4.17. The Morgan fingerprint density at radius 1 is 1.00 bits per heavy atom. The number of carbonyl (C=O) groups is 2. The van der Waals surface area contributed by atoms with Gasteiger partial charge in [-0.1, -0.05) is 65.8 Å². The van der Waals surface area contributed by atoms with E-state index in [9.17, 15) is 9.59 Å². The Hall–Kier alpha value is -3.42. The van der Waals surface area contributed by atoms with Crippen LogP contribution in [0.25, 0.3) is 17.1 Å². The molecule has 1 aromatic heterocycles. The maximum absolute atomic E-state index is 12.6. The molecule has 0 bridgehead atoms. The summed E-state index contributed by atoms with van der Waals surface area (Å²) in [6.07, 6.45) is 0. The number of Topliss-reactive ketones (excluding diaryl/α,β-unsaturated/α-hetero) is 1. The summed E-state index contributed by atoms with van der Waals surface area (Å²) in [7, 11) is 0. The van der Waals surface area contributed by atoms with Crippen LogP contribution in [-0.4, -0.2) is 32.2 Å². The number of thioether (sulfide) groups is 1. The Bertz CT molecular complexity index is 1320. The maximum Gasteiger partial charge on any atom is 0.234 e. The molecular weight excluding hydrogens is 456 g/mol. The van der Waals surface area contributed by atoms with Crippen LogP contribution in [0.2, 0.25) is 5.02 Å². The minimum Gasteiger partial charge on any atom is -0.325 e. The van der Waals surface area contributed by atoms with Gasteiger partial charge in [-0.15, -0.1) is 10.2 Å². The van der Waals surface area contributed by atoms with E-state index in [4.69, 9.17) is 11.6 Å². The number of ketones is 1. The van der Waals surface area contributed by atoms with Crippen LogP contribution < -0.4 is 5.32 Å². The Morgan fingerprint density at radius 3 is 2.52 bits per heavy atom. The number of rotatable bonds is 7. The Balaban J connectivity index is 1.58. The van der Waals surface area contributed by atoms with Crippen molar-refractivity contribution in [3.05, 3.63) is 88.9 Å². The van der Waals surface area contributed by atoms with Crippen molar-refractivity contribution in [3.8, 4) is 17.1 Å². The maximum atomic E-state index is 12.6. The zero-order valence-corrected chi connectivity index (χ0v) is 19.7. The third kappa shape index (κ3) is 5.32. The number of aromatic nitrogens is 3. The van der Waals surface area contributed by atoms with Gasteiger partial charge in [-0.05, 0) is 49.7 Å². The minimum atomic E-state index is -0.205. The molecule has 0 fully saturated rings. The number of para-hydroxylation sites is 1. The highest BCUT2D eigenvalue weighted by atomic mass is 35.5. The second-order valence-electron chi connectivity index (χ2n) is 7.41. The standard InChI is InChI=1S/C25H21ClN4O2S/c1-16-11-12-19(14-22(16)26)24-28-29-25(30(24)21-9-4-3-5-10-21)33-15-23(32)27-20-8-6-7-18(13-20)17(2)31/h3-14H,15H2,1-2H3,(H,27,32). The van der Waals surface area contributed by atoms with Crippen LogP contribution in [0.1, 0.15) is 22.8 Å². The largest absolute Gasteiger partial charge is 0.325 e. The fourth-order valence-electron chi connectivity index (χ4n) is 3.24. The highest BCUT2D eigenvalue weighted by Gasteiger charge is 2.18. The number of anilines is 1. The van der Waals surface area contributed by atoms with Crippen molar-refractivity contribution in [2.45, 2.75) is 19.0 Å². The van der Waals surface area contributed by atoms with Crippen molar-refractivity contribution >= 4 is 40.7 Å². The Kier molecular flexibility index (Phi) is 6.91. The smallest absolute Gasteiger partial charge is 0.234 e. The highest BCUT2D eigenvalue weighted by Crippen LogP contribution is 2.30. The van der Waals surface area contributed by atoms with Crippen LogP contribution in [0.15, 0.2) is 78.0 Å². The first-order chi connectivity index (χ1) is 15.9. The number of nitrogens with zero attached hydrogens (tertiary/aromatic N) is 3. The first-order valence-electron chi connectivity index (χ1n) is 10.2. The van der Waals surface area contributed by atoms with Crippen molar-refractivity contribution in [2.24, 2.45) is 0 Å². The van der Waals surface area contributed by atoms with Crippen LogP contribution in [0.3, 0.4) is 0 Å². The van der Waals surface area contributed by atoms with Gasteiger partial charge in [-0.2, -0.15) is 0 Å². The average Bonchev–Trinajstić information content (AvgIpc) is 3.24. The molecule has 4 rings (SSSR count). The molecule has 0 unspecified atom stereocenters. The fraction of sp³-hybridized carbons (Fsp3) is 0.120. The molecule has 0 aliphatic rings. The molecule has 0 aliphatic heterocycles. The molecule has 1 N–H and O–H groups in total. The molecule has 6 nitrogen and oxygen atoms in total. The molecule has 1 heterocycles. The van der Waals surface area contributed by atoms with Gasteiger partial charge in [-0.3, -0.25) is 14.2 Å². The van der Waals surface area contributed by atoms with Gasteiger partial charge in [0.1, 0.15) is 0 Å². The lowest BCUT2D eigenvalue weighted by Gasteiger charge is -2.11. The van der Waals surface area contributed by atoms with Crippen LogP contribution in [0, 0.1) is 6.92 Å². The summed E-state index contributed by atoms with van der Waals surface area (Å²) in [4.78, 5) is 24.2. The second kappa shape index (κ2) is 10.0. The van der Waals surface area contributed by atoms with Crippen LogP contribution in [-0.2, 0) is 4.79 Å². The summed E-state index contributed by atoms with van der Waals surface area (Å²) in [5.74, 6) is 0.507. The van der Waals surface area contributed by atoms with E-state index in [1.54, 1.807) is 24.3 Å². The molecule has 8 heteroatoms. The molecule has 4 aromatic rings. The normalized spacial score (nSPS) is 10.8. The molecular formula is C25H21ClN4O2S. The van der Waals surface area contributed by atoms with E-state index < -0.39 is 0 Å². The lowest BCUT2D eigenvalue weighted by Crippen LogP contribution is -2.15. The topological polar surface area (TPSA) is 76.9 Å². The summed E-state index contributed by atoms with van der Waals surface area (Å²) in [5, 5.41) is 12.8. The van der Waals surface area contributed by atoms with Gasteiger partial charge in [-0.25, -0.2) is 0 Å². The summed E-state index contributed by atoms with van der Waals surface area (Å²) < 4.78 is 1.91. The molecule has 0 spiro atoms. The van der Waals surface area contributed by atoms with Crippen molar-refractivity contribution < 1.29 is 9.59 Å². The van der Waals surface area contributed by atoms with Gasteiger partial charge in [0.15, 0.2) is 16.8 Å². The lowest BCUT2D eigenvalue weighted by atomic mass is 10.1. The van der Waals surface area contributed by atoms with Crippen molar-refractivity contribution in [2.75, 3.05) is 11.1 Å². The number of nitrogens with one attached hydrogen (secondary N) is 1. The second-order valence-corrected chi connectivity index (χ2v) is 8.76. The van der Waals surface area contributed by atoms with Gasteiger partial charge >= 0.3 is 0 Å². The van der Waals surface area contributed by atoms with Gasteiger partial charge in [0.25, 0.3) is 0 Å². The molecule has 33 heavy (non-hydrogen) atoms. The van der Waals surface area contributed by atoms with Gasteiger partial charge in [0.05, 0.1) is 5.75 Å². The van der Waals surface area contributed by atoms with E-state index in [1.165, 1.54) is 18.7 Å². The van der Waals surface area contributed by atoms with Crippen LogP contribution in [0.5, 0.6) is 0 Å². The zero-order chi connectivity index (χ0) is 23.4. The predicted molar refractivity (Wildman–Crippen MR) is 132 cm³/mol. The van der Waals surface area contributed by atoms with E-state index in [0.29, 0.717) is 27.3 Å². The first kappa shape index (κ1) is 22.8. The number of carbonyl (C=O) groups excluding carboxylic acids is 2. The number of benzene rings is 3. The quantitative estimate of drug-likeness (QED) is 0.268. The number of hydrogen-bond acceptors (Lipinski definition) is 5. The molecule has 3 aromatic carbocycles. The van der Waals surface area contributed by atoms with Gasteiger partial charge in [0, 0.05) is 27.5 Å². The molecule has 0 saturated heterocycles. The first-order valence-corrected chi connectivity index (χ1v) is 11.6. The summed E-state index contributed by atoms with van der Waals surface area (Å²) >= 11 is 7.62. The third-order valence-electron chi connectivity index (χ3n) is 4.96. The monoisotopic (exact) mass is 476 g/mol. The predicted octanol–water partition coefficient (Wildman–Crippen LogP) is 5.83. The summed E-state index contributed by atoms with van der Waals surface area (Å²) in [6.45, 7) is 3.44. The van der Waals surface area contributed by atoms with Crippen molar-refractivity contribution in [1.82, 2.24) is 14.8 Å². The van der Waals surface area contributed by atoms with Crippen molar-refractivity contribution in [3.63, 3.8) is 0 Å². The van der Waals surface area contributed by atoms with Gasteiger partial charge in [0.2, 0.25) is 5.91 Å². The lowest BCUT2D eigenvalue weighted by molar-refractivity contribution is -0.113. The highest BCUT2D eigenvalue weighted by molar-refractivity contribution is 7.99. The van der Waals surface area contributed by atoms with Crippen LogP contribution >= 0.6 is 23.4 Å². The number of hydrogen-bond donors (Lipinski definition) is 1. The minimum absolute atomic E-state index is 0.0554. The SMILES string of the molecule is CC(=O)c1cccc(NC(=O)CSc2nnc(-c3ccc(C)c(Cl)c3)n2-c2ccccc2)c1. The van der Waals surface area contributed by atoms with E-state index in [2.05, 4.69) is 15.5 Å². The zero-order valence-electron chi connectivity index (χ0n) is 18.1. The van der Waals surface area contributed by atoms with Crippen LogP contribution in [0.4, 0.5) is 5.69 Å². The van der Waals surface area contributed by atoms with Crippen molar-refractivity contribution in [1.29, 1.82) is 0 Å². The van der Waals surface area contributed by atoms with Gasteiger partial charge < -0.3 is 5.32 Å². The molecule has 166 valence electrons. The Morgan fingerprint density at radius 2 is 1.79 bits per heavy atom. The number of halogens is 1. The summed E-state index contributed by atoms with van der Waals surface area (Å²) in [5.41, 5.74) is 3.82. The molecule has 1 amide bonds. The van der Waals surface area contributed by atoms with E-state index in [-0.39, 0.29) is 17.4 Å². The molecule has 0 aliphatic carbocycles.